The maximum absolute atomic E-state index is 11.5. The Hall–Kier alpha value is -0.0200. The first-order valence-corrected chi connectivity index (χ1v) is 9.14. The molecule has 2 N–H and O–H groups in total. The number of hydrogen-bond acceptors (Lipinski definition) is 5. The topological polar surface area (TPSA) is 113 Å². The van der Waals surface area contributed by atoms with Gasteiger partial charge in [-0.1, -0.05) is 6.92 Å². The third-order valence-corrected chi connectivity index (χ3v) is 3.95. The maximum atomic E-state index is 11.5. The molecule has 0 aliphatic rings. The molecule has 116 valence electrons. The highest BCUT2D eigenvalue weighted by atomic mass is 32.2. The molecule has 0 rings (SSSR count). The van der Waals surface area contributed by atoms with Crippen molar-refractivity contribution in [2.45, 2.75) is 33.0 Å². The van der Waals surface area contributed by atoms with E-state index in [4.69, 9.17) is 14.5 Å². The molecule has 0 amide bonds. The van der Waals surface area contributed by atoms with Crippen molar-refractivity contribution < 1.29 is 32.0 Å². The van der Waals surface area contributed by atoms with Crippen LogP contribution in [0.25, 0.3) is 0 Å². The van der Waals surface area contributed by atoms with E-state index in [1.807, 2.05) is 0 Å². The van der Waals surface area contributed by atoms with Crippen LogP contribution in [-0.2, 0) is 23.8 Å². The molecule has 8 nitrogen and oxygen atoms in total. The molecule has 0 bridgehead atoms. The highest BCUT2D eigenvalue weighted by molar-refractivity contribution is 7.88. The summed E-state index contributed by atoms with van der Waals surface area (Å²) in [6.45, 7) is 4.98. The quantitative estimate of drug-likeness (QED) is 0.582. The molecule has 0 aliphatic carbocycles. The van der Waals surface area contributed by atoms with Crippen LogP contribution in [0.4, 0.5) is 0 Å². The smallest absolute Gasteiger partial charge is 0.372 e. The van der Waals surface area contributed by atoms with Crippen LogP contribution in [-0.4, -0.2) is 60.7 Å². The van der Waals surface area contributed by atoms with Gasteiger partial charge in [0, 0.05) is 13.1 Å². The zero-order valence-corrected chi connectivity index (χ0v) is 13.2. The molecule has 0 radical (unpaired) electrons. The summed E-state index contributed by atoms with van der Waals surface area (Å²) in [5.74, 6) is 0. The molecule has 0 heterocycles. The molecule has 0 saturated carbocycles. The number of rotatable bonds is 9. The number of nitrogens with zero attached hydrogens (tertiary/aromatic N) is 1. The van der Waals surface area contributed by atoms with E-state index in [-0.39, 0.29) is 25.8 Å². The molecule has 0 aromatic rings. The largest absolute Gasteiger partial charge is 0.469 e. The monoisotopic (exact) mass is 319 g/mol. The second-order valence-corrected chi connectivity index (χ2v) is 7.53. The van der Waals surface area contributed by atoms with Gasteiger partial charge < -0.3 is 14.5 Å². The lowest BCUT2D eigenvalue weighted by Crippen LogP contribution is -2.40. The van der Waals surface area contributed by atoms with Gasteiger partial charge in [-0.05, 0) is 13.8 Å². The van der Waals surface area contributed by atoms with Crippen molar-refractivity contribution in [2.24, 2.45) is 0 Å². The number of phosphoric acid groups is 1. The van der Waals surface area contributed by atoms with E-state index in [9.17, 15) is 13.0 Å². The first-order valence-electron chi connectivity index (χ1n) is 5.76. The van der Waals surface area contributed by atoms with Crippen LogP contribution in [0, 0.1) is 0 Å². The summed E-state index contributed by atoms with van der Waals surface area (Å²) in [5.41, 5.74) is 0. The van der Waals surface area contributed by atoms with E-state index in [2.05, 4.69) is 4.52 Å². The fraction of sp³-hybridized carbons (Fsp3) is 1.00. The molecule has 0 saturated heterocycles. The van der Waals surface area contributed by atoms with Gasteiger partial charge in [-0.2, -0.15) is 4.31 Å². The van der Waals surface area contributed by atoms with Gasteiger partial charge in [-0.15, -0.1) is 0 Å². The van der Waals surface area contributed by atoms with Crippen molar-refractivity contribution >= 4 is 17.8 Å². The van der Waals surface area contributed by atoms with Gasteiger partial charge >= 0.3 is 7.82 Å². The second kappa shape index (κ2) is 7.68. The summed E-state index contributed by atoms with van der Waals surface area (Å²) in [7, 11) is -8.00. The second-order valence-electron chi connectivity index (χ2n) is 4.31. The molecule has 1 atom stereocenters. The lowest BCUT2D eigenvalue weighted by atomic mass is 10.3. The van der Waals surface area contributed by atoms with Gasteiger partial charge in [-0.25, -0.2) is 13.0 Å². The van der Waals surface area contributed by atoms with Crippen LogP contribution in [0.5, 0.6) is 0 Å². The molecule has 0 aromatic heterocycles. The predicted molar refractivity (Wildman–Crippen MR) is 70.1 cm³/mol. The van der Waals surface area contributed by atoms with E-state index in [1.165, 1.54) is 0 Å². The maximum Gasteiger partial charge on any atom is 0.469 e. The normalized spacial score (nSPS) is 15.2. The summed E-state index contributed by atoms with van der Waals surface area (Å²) in [6.07, 6.45) is 0.0955. The standard InChI is InChI=1S/C9H22NO7PS/c1-5-10(19(4,14)15)6-9(17-8(2)3)7-16-18(11,12)13/h8-9H,5-7H2,1-4H3,(H2,11,12,13)/t9-/m0/s1. The molecule has 0 spiro atoms. The first kappa shape index (κ1) is 19.0. The fourth-order valence-electron chi connectivity index (χ4n) is 1.43. The number of sulfonamides is 1. The third-order valence-electron chi connectivity index (χ3n) is 2.12. The zero-order valence-electron chi connectivity index (χ0n) is 11.5. The van der Waals surface area contributed by atoms with Crippen molar-refractivity contribution in [2.75, 3.05) is 26.0 Å². The molecule has 19 heavy (non-hydrogen) atoms. The van der Waals surface area contributed by atoms with Gasteiger partial charge in [0.25, 0.3) is 0 Å². The van der Waals surface area contributed by atoms with E-state index >= 15 is 0 Å². The van der Waals surface area contributed by atoms with Crippen LogP contribution >= 0.6 is 7.82 Å². The molecule has 0 aromatic carbocycles. The Kier molecular flexibility index (Phi) is 7.67. The lowest BCUT2D eigenvalue weighted by molar-refractivity contribution is -0.0295. The van der Waals surface area contributed by atoms with Gasteiger partial charge in [0.1, 0.15) is 0 Å². The average Bonchev–Trinajstić information content (AvgIpc) is 2.18. The highest BCUT2D eigenvalue weighted by Gasteiger charge is 2.24. The highest BCUT2D eigenvalue weighted by Crippen LogP contribution is 2.36. The SMILES string of the molecule is CCN(C[C@@H](COP(=O)(O)O)OC(C)C)S(C)(=O)=O. The Morgan fingerprint density at radius 3 is 2.16 bits per heavy atom. The molecular weight excluding hydrogens is 297 g/mol. The fourth-order valence-corrected chi connectivity index (χ4v) is 2.69. The zero-order chi connectivity index (χ0) is 15.3. The molecular formula is C9H22NO7PS. The Bertz CT molecular complexity index is 405. The van der Waals surface area contributed by atoms with Crippen molar-refractivity contribution in [3.05, 3.63) is 0 Å². The van der Waals surface area contributed by atoms with E-state index < -0.39 is 23.9 Å². The van der Waals surface area contributed by atoms with Gasteiger partial charge in [0.05, 0.1) is 25.1 Å². The summed E-state index contributed by atoms with van der Waals surface area (Å²) in [5, 5.41) is 0. The first-order chi connectivity index (χ1) is 8.45. The van der Waals surface area contributed by atoms with Crippen molar-refractivity contribution in [3.63, 3.8) is 0 Å². The van der Waals surface area contributed by atoms with Gasteiger partial charge in [-0.3, -0.25) is 4.52 Å². The number of ether oxygens (including phenoxy) is 1. The third kappa shape index (κ3) is 9.50. The number of phosphoric ester groups is 1. The summed E-state index contributed by atoms with van der Waals surface area (Å²) >= 11 is 0. The van der Waals surface area contributed by atoms with E-state index in [0.29, 0.717) is 0 Å². The minimum Gasteiger partial charge on any atom is -0.372 e. The molecule has 0 fully saturated rings. The summed E-state index contributed by atoms with van der Waals surface area (Å²) < 4.78 is 44.5. The Balaban J connectivity index is 4.71. The van der Waals surface area contributed by atoms with Crippen LogP contribution in [0.3, 0.4) is 0 Å². The number of hydrogen-bond donors (Lipinski definition) is 2. The Morgan fingerprint density at radius 2 is 1.84 bits per heavy atom. The van der Waals surface area contributed by atoms with Crippen molar-refractivity contribution in [1.29, 1.82) is 0 Å². The van der Waals surface area contributed by atoms with Crippen LogP contribution in [0.2, 0.25) is 0 Å². The van der Waals surface area contributed by atoms with Crippen LogP contribution in [0.1, 0.15) is 20.8 Å². The molecule has 0 unspecified atom stereocenters. The van der Waals surface area contributed by atoms with E-state index in [1.54, 1.807) is 20.8 Å². The lowest BCUT2D eigenvalue weighted by Gasteiger charge is -2.26. The molecule has 0 aliphatic heterocycles. The summed E-state index contributed by atoms with van der Waals surface area (Å²) in [6, 6.07) is 0. The summed E-state index contributed by atoms with van der Waals surface area (Å²) in [4.78, 5) is 17.3. The van der Waals surface area contributed by atoms with Crippen molar-refractivity contribution in [1.82, 2.24) is 4.31 Å². The Morgan fingerprint density at radius 1 is 1.32 bits per heavy atom. The van der Waals surface area contributed by atoms with Gasteiger partial charge in [0.15, 0.2) is 0 Å². The van der Waals surface area contributed by atoms with Crippen molar-refractivity contribution in [3.8, 4) is 0 Å². The molecule has 10 heteroatoms. The Labute approximate surface area is 114 Å². The van der Waals surface area contributed by atoms with Gasteiger partial charge in [0.2, 0.25) is 10.0 Å². The number of likely N-dealkylation sites (N-methyl/N-ethyl adjacent to an activating group) is 1. The van der Waals surface area contributed by atoms with Crippen LogP contribution < -0.4 is 0 Å². The van der Waals surface area contributed by atoms with E-state index in [0.717, 1.165) is 10.6 Å². The predicted octanol–water partition coefficient (Wildman–Crippen LogP) is 0.171. The average molecular weight is 319 g/mol. The van der Waals surface area contributed by atoms with Crippen LogP contribution in [0.15, 0.2) is 0 Å². The minimum absolute atomic E-state index is 0.0203. The minimum atomic E-state index is -4.60.